The van der Waals surface area contributed by atoms with Gasteiger partial charge < -0.3 is 20.1 Å². The average molecular weight is 312 g/mol. The molecule has 2 heterocycles. The van der Waals surface area contributed by atoms with Crippen LogP contribution in [-0.2, 0) is 9.53 Å². The van der Waals surface area contributed by atoms with Crippen LogP contribution in [0.1, 0.15) is 46.5 Å². The highest BCUT2D eigenvalue weighted by Crippen LogP contribution is 2.24. The molecule has 2 rings (SSSR count). The van der Waals surface area contributed by atoms with Crippen LogP contribution in [0.5, 0.6) is 0 Å². The summed E-state index contributed by atoms with van der Waals surface area (Å²) in [4.78, 5) is 14.5. The molecule has 2 saturated heterocycles. The Morgan fingerprint density at radius 2 is 1.82 bits per heavy atom. The molecule has 1 amide bonds. The van der Waals surface area contributed by atoms with E-state index in [4.69, 9.17) is 4.74 Å². The molecular weight excluding hydrogens is 280 g/mol. The first kappa shape index (κ1) is 17.7. The summed E-state index contributed by atoms with van der Waals surface area (Å²) in [6, 6.07) is 0. The lowest BCUT2D eigenvalue weighted by Crippen LogP contribution is -2.45. The van der Waals surface area contributed by atoms with E-state index >= 15 is 0 Å². The minimum Gasteiger partial charge on any atom is -0.390 e. The number of aliphatic hydroxyl groups excluding tert-OH is 1. The summed E-state index contributed by atoms with van der Waals surface area (Å²) < 4.78 is 5.67. The van der Waals surface area contributed by atoms with Gasteiger partial charge in [-0.25, -0.2) is 0 Å². The van der Waals surface area contributed by atoms with Crippen molar-refractivity contribution in [2.24, 2.45) is 11.8 Å². The van der Waals surface area contributed by atoms with Gasteiger partial charge in [-0.05, 0) is 58.5 Å². The van der Waals surface area contributed by atoms with E-state index in [-0.39, 0.29) is 24.0 Å². The zero-order valence-corrected chi connectivity index (χ0v) is 14.3. The van der Waals surface area contributed by atoms with Crippen LogP contribution in [0.25, 0.3) is 0 Å². The Kier molecular flexibility index (Phi) is 6.66. The molecule has 0 aromatic rings. The van der Waals surface area contributed by atoms with E-state index in [1.807, 2.05) is 13.8 Å². The molecule has 2 aliphatic rings. The van der Waals surface area contributed by atoms with Gasteiger partial charge in [0.2, 0.25) is 5.91 Å². The third-order valence-electron chi connectivity index (χ3n) is 4.93. The van der Waals surface area contributed by atoms with Crippen LogP contribution in [0.4, 0.5) is 0 Å². The Bertz CT molecular complexity index is 346. The number of ether oxygens (including phenoxy) is 1. The van der Waals surface area contributed by atoms with E-state index in [1.165, 1.54) is 12.8 Å². The van der Waals surface area contributed by atoms with Gasteiger partial charge in [0.25, 0.3) is 0 Å². The van der Waals surface area contributed by atoms with E-state index in [9.17, 15) is 9.90 Å². The Balaban J connectivity index is 1.67. The number of hydrogen-bond acceptors (Lipinski definition) is 4. The summed E-state index contributed by atoms with van der Waals surface area (Å²) in [5, 5.41) is 13.1. The van der Waals surface area contributed by atoms with Crippen LogP contribution in [0.2, 0.25) is 0 Å². The summed E-state index contributed by atoms with van der Waals surface area (Å²) in [6.45, 7) is 9.44. The smallest absolute Gasteiger partial charge is 0.223 e. The molecule has 128 valence electrons. The highest BCUT2D eigenvalue weighted by atomic mass is 16.5. The summed E-state index contributed by atoms with van der Waals surface area (Å²) in [5.74, 6) is 0.876. The molecule has 3 unspecified atom stereocenters. The number of nitrogens with zero attached hydrogens (tertiary/aromatic N) is 1. The second-order valence-electron chi connectivity index (χ2n) is 7.31. The molecule has 0 aliphatic carbocycles. The number of carbonyl (C=O) groups is 1. The van der Waals surface area contributed by atoms with Crippen molar-refractivity contribution in [1.82, 2.24) is 10.2 Å². The largest absolute Gasteiger partial charge is 0.390 e. The van der Waals surface area contributed by atoms with Crippen LogP contribution in [0.3, 0.4) is 0 Å². The van der Waals surface area contributed by atoms with Crippen molar-refractivity contribution in [1.29, 1.82) is 0 Å². The molecule has 2 aliphatic heterocycles. The monoisotopic (exact) mass is 312 g/mol. The first-order valence-electron chi connectivity index (χ1n) is 8.77. The fraction of sp³-hybridized carbons (Fsp3) is 0.941. The molecule has 5 nitrogen and oxygen atoms in total. The number of β-amino-alcohol motifs (C(OH)–C–C–N with tert-alkyl or cyclic N) is 1. The Hall–Kier alpha value is -0.650. The molecule has 0 spiro atoms. The van der Waals surface area contributed by atoms with Gasteiger partial charge in [0.15, 0.2) is 0 Å². The lowest BCUT2D eigenvalue weighted by Gasteiger charge is -2.33. The van der Waals surface area contributed by atoms with Gasteiger partial charge in [-0.2, -0.15) is 0 Å². The Morgan fingerprint density at radius 1 is 1.23 bits per heavy atom. The maximum absolute atomic E-state index is 12.2. The molecule has 0 aromatic carbocycles. The van der Waals surface area contributed by atoms with E-state index in [0.717, 1.165) is 31.8 Å². The van der Waals surface area contributed by atoms with Crippen molar-refractivity contribution in [3.63, 3.8) is 0 Å². The maximum Gasteiger partial charge on any atom is 0.223 e. The fourth-order valence-electron chi connectivity index (χ4n) is 3.59. The number of aliphatic hydroxyl groups is 1. The highest BCUT2D eigenvalue weighted by molar-refractivity contribution is 5.78. The van der Waals surface area contributed by atoms with Crippen LogP contribution < -0.4 is 5.32 Å². The molecule has 2 fully saturated rings. The van der Waals surface area contributed by atoms with E-state index < -0.39 is 6.10 Å². The van der Waals surface area contributed by atoms with Crippen molar-refractivity contribution in [3.8, 4) is 0 Å². The quantitative estimate of drug-likeness (QED) is 0.805. The maximum atomic E-state index is 12.2. The molecule has 0 radical (unpaired) electrons. The number of likely N-dealkylation sites (tertiary alicyclic amines) is 1. The second kappa shape index (κ2) is 8.27. The Morgan fingerprint density at radius 3 is 2.41 bits per heavy atom. The number of piperidine rings is 1. The zero-order chi connectivity index (χ0) is 16.1. The van der Waals surface area contributed by atoms with Crippen LogP contribution in [0.15, 0.2) is 0 Å². The standard InChI is InChI=1S/C17H32N2O3/c1-12-4-6-19(7-5-12)11-16(20)10-18-17(21)15-8-13(2)22-14(3)9-15/h12-16,20H,4-11H2,1-3H3,(H,18,21). The minimum atomic E-state index is -0.480. The number of amides is 1. The first-order chi connectivity index (χ1) is 10.4. The highest BCUT2D eigenvalue weighted by Gasteiger charge is 2.29. The molecule has 3 atom stereocenters. The van der Waals surface area contributed by atoms with Gasteiger partial charge in [-0.15, -0.1) is 0 Å². The fourth-order valence-corrected chi connectivity index (χ4v) is 3.59. The summed E-state index contributed by atoms with van der Waals surface area (Å²) >= 11 is 0. The van der Waals surface area contributed by atoms with E-state index in [0.29, 0.717) is 13.1 Å². The number of carbonyl (C=O) groups excluding carboxylic acids is 1. The normalized spacial score (nSPS) is 32.6. The summed E-state index contributed by atoms with van der Waals surface area (Å²) in [5.41, 5.74) is 0. The second-order valence-corrected chi connectivity index (χ2v) is 7.31. The van der Waals surface area contributed by atoms with Crippen LogP contribution in [-0.4, -0.2) is 60.4 Å². The molecule has 0 saturated carbocycles. The topological polar surface area (TPSA) is 61.8 Å². The number of rotatable bonds is 5. The van der Waals surface area contributed by atoms with Gasteiger partial charge in [0.05, 0.1) is 18.3 Å². The average Bonchev–Trinajstić information content (AvgIpc) is 2.46. The third-order valence-corrected chi connectivity index (χ3v) is 4.93. The van der Waals surface area contributed by atoms with Gasteiger partial charge in [0.1, 0.15) is 0 Å². The molecule has 2 N–H and O–H groups in total. The van der Waals surface area contributed by atoms with Crippen molar-refractivity contribution < 1.29 is 14.6 Å². The number of nitrogens with one attached hydrogen (secondary N) is 1. The van der Waals surface area contributed by atoms with Crippen LogP contribution in [0, 0.1) is 11.8 Å². The Labute approximate surface area is 134 Å². The van der Waals surface area contributed by atoms with Crippen molar-refractivity contribution >= 4 is 5.91 Å². The first-order valence-corrected chi connectivity index (χ1v) is 8.77. The lowest BCUT2D eigenvalue weighted by atomic mass is 9.92. The zero-order valence-electron chi connectivity index (χ0n) is 14.3. The van der Waals surface area contributed by atoms with E-state index in [2.05, 4.69) is 17.1 Å². The van der Waals surface area contributed by atoms with E-state index in [1.54, 1.807) is 0 Å². The van der Waals surface area contributed by atoms with Gasteiger partial charge >= 0.3 is 0 Å². The molecule has 0 aromatic heterocycles. The predicted molar refractivity (Wildman–Crippen MR) is 86.6 cm³/mol. The minimum absolute atomic E-state index is 0.0155. The van der Waals surface area contributed by atoms with Gasteiger partial charge in [0, 0.05) is 19.0 Å². The van der Waals surface area contributed by atoms with Gasteiger partial charge in [-0.3, -0.25) is 4.79 Å². The number of hydrogen-bond donors (Lipinski definition) is 2. The molecule has 5 heteroatoms. The molecular formula is C17H32N2O3. The van der Waals surface area contributed by atoms with Crippen molar-refractivity contribution in [2.45, 2.75) is 64.8 Å². The summed E-state index contributed by atoms with van der Waals surface area (Å²) in [6.07, 6.45) is 3.76. The lowest BCUT2D eigenvalue weighted by molar-refractivity contribution is -0.133. The SMILES string of the molecule is CC1CCN(CC(O)CNC(=O)C2CC(C)OC(C)C2)CC1. The molecule has 0 bridgehead atoms. The van der Waals surface area contributed by atoms with Crippen LogP contribution >= 0.6 is 0 Å². The van der Waals surface area contributed by atoms with Crippen molar-refractivity contribution in [2.75, 3.05) is 26.2 Å². The molecule has 22 heavy (non-hydrogen) atoms. The predicted octanol–water partition coefficient (Wildman–Crippen LogP) is 1.40. The van der Waals surface area contributed by atoms with Crippen molar-refractivity contribution in [3.05, 3.63) is 0 Å². The van der Waals surface area contributed by atoms with Gasteiger partial charge in [-0.1, -0.05) is 6.92 Å². The summed E-state index contributed by atoms with van der Waals surface area (Å²) in [7, 11) is 0. The third kappa shape index (κ3) is 5.52.